The van der Waals surface area contributed by atoms with E-state index in [-0.39, 0.29) is 0 Å². The average Bonchev–Trinajstić information content (AvgIpc) is 2.89. The van der Waals surface area contributed by atoms with Crippen LogP contribution in [0, 0.1) is 0 Å². The number of methoxy groups -OCH3 is 1. The molecule has 0 aliphatic heterocycles. The number of benzene rings is 1. The lowest BCUT2D eigenvalue weighted by Gasteiger charge is -2.12. The van der Waals surface area contributed by atoms with Crippen molar-refractivity contribution in [3.05, 3.63) is 44.6 Å². The van der Waals surface area contributed by atoms with Crippen molar-refractivity contribution in [2.75, 3.05) is 7.11 Å². The van der Waals surface area contributed by atoms with Gasteiger partial charge < -0.3 is 9.47 Å². The van der Waals surface area contributed by atoms with E-state index in [1.165, 1.54) is 0 Å². The standard InChI is InChI=1S/C13H11BrO3S/c1-16-12-6-9(7-15)5-11(14)13(12)17-8-10-3-2-4-18-10/h2-7H,8H2,1H3. The Kier molecular flexibility index (Phi) is 4.38. The molecular weight excluding hydrogens is 316 g/mol. The van der Waals surface area contributed by atoms with Gasteiger partial charge in [0.1, 0.15) is 12.9 Å². The number of halogens is 1. The van der Waals surface area contributed by atoms with Crippen molar-refractivity contribution in [1.29, 1.82) is 0 Å². The lowest BCUT2D eigenvalue weighted by Crippen LogP contribution is -1.98. The molecule has 0 bridgehead atoms. The summed E-state index contributed by atoms with van der Waals surface area (Å²) in [5.41, 5.74) is 0.544. The quantitative estimate of drug-likeness (QED) is 0.781. The van der Waals surface area contributed by atoms with E-state index in [9.17, 15) is 4.79 Å². The van der Waals surface area contributed by atoms with Crippen LogP contribution >= 0.6 is 27.3 Å². The molecule has 3 nitrogen and oxygen atoms in total. The average molecular weight is 327 g/mol. The van der Waals surface area contributed by atoms with Gasteiger partial charge in [-0.3, -0.25) is 4.79 Å². The summed E-state index contributed by atoms with van der Waals surface area (Å²) in [6, 6.07) is 7.34. The lowest BCUT2D eigenvalue weighted by molar-refractivity contribution is 0.112. The van der Waals surface area contributed by atoms with Crippen LogP contribution in [-0.4, -0.2) is 13.4 Å². The minimum atomic E-state index is 0.479. The summed E-state index contributed by atoms with van der Waals surface area (Å²) in [6.07, 6.45) is 0.774. The second-order valence-corrected chi connectivity index (χ2v) is 5.41. The Hall–Kier alpha value is -1.33. The van der Waals surface area contributed by atoms with Crippen LogP contribution in [0.4, 0.5) is 0 Å². The summed E-state index contributed by atoms with van der Waals surface area (Å²) in [7, 11) is 1.55. The summed E-state index contributed by atoms with van der Waals surface area (Å²) in [6.45, 7) is 0.479. The van der Waals surface area contributed by atoms with Crippen molar-refractivity contribution in [2.45, 2.75) is 6.61 Å². The molecular formula is C13H11BrO3S. The second kappa shape index (κ2) is 6.02. The fourth-order valence-electron chi connectivity index (χ4n) is 1.49. The molecule has 0 unspecified atom stereocenters. The molecule has 2 aromatic rings. The molecule has 1 heterocycles. The molecule has 0 radical (unpaired) electrons. The molecule has 0 saturated heterocycles. The van der Waals surface area contributed by atoms with E-state index in [0.29, 0.717) is 28.1 Å². The third-order valence-corrected chi connectivity index (χ3v) is 3.77. The maximum Gasteiger partial charge on any atom is 0.175 e. The van der Waals surface area contributed by atoms with Crippen LogP contribution in [0.5, 0.6) is 11.5 Å². The third-order valence-electron chi connectivity index (χ3n) is 2.33. The van der Waals surface area contributed by atoms with Crippen molar-refractivity contribution in [2.24, 2.45) is 0 Å². The van der Waals surface area contributed by atoms with Crippen LogP contribution in [0.25, 0.3) is 0 Å². The van der Waals surface area contributed by atoms with Gasteiger partial charge in [-0.25, -0.2) is 0 Å². The molecule has 0 atom stereocenters. The Morgan fingerprint density at radius 2 is 2.28 bits per heavy atom. The van der Waals surface area contributed by atoms with Gasteiger partial charge in [-0.05, 0) is 39.5 Å². The number of hydrogen-bond acceptors (Lipinski definition) is 4. The molecule has 18 heavy (non-hydrogen) atoms. The highest BCUT2D eigenvalue weighted by Gasteiger charge is 2.11. The maximum atomic E-state index is 10.8. The molecule has 0 N–H and O–H groups in total. The number of carbonyl (C=O) groups excluding carboxylic acids is 1. The number of aldehydes is 1. The lowest BCUT2D eigenvalue weighted by atomic mass is 10.2. The van der Waals surface area contributed by atoms with E-state index in [0.717, 1.165) is 11.2 Å². The highest BCUT2D eigenvalue weighted by atomic mass is 79.9. The van der Waals surface area contributed by atoms with Crippen molar-refractivity contribution in [3.8, 4) is 11.5 Å². The Bertz CT molecular complexity index is 537. The summed E-state index contributed by atoms with van der Waals surface area (Å²) >= 11 is 5.02. The molecule has 0 fully saturated rings. The van der Waals surface area contributed by atoms with Crippen LogP contribution < -0.4 is 9.47 Å². The Morgan fingerprint density at radius 3 is 2.89 bits per heavy atom. The van der Waals surface area contributed by atoms with E-state index >= 15 is 0 Å². The highest BCUT2D eigenvalue weighted by molar-refractivity contribution is 9.10. The molecule has 0 aliphatic rings. The minimum absolute atomic E-state index is 0.479. The predicted molar refractivity (Wildman–Crippen MR) is 74.7 cm³/mol. The first-order valence-electron chi connectivity index (χ1n) is 5.22. The van der Waals surface area contributed by atoms with Gasteiger partial charge in [0.25, 0.3) is 0 Å². The molecule has 5 heteroatoms. The Balaban J connectivity index is 2.23. The van der Waals surface area contributed by atoms with E-state index in [1.807, 2.05) is 17.5 Å². The topological polar surface area (TPSA) is 35.5 Å². The second-order valence-electron chi connectivity index (χ2n) is 3.52. The zero-order valence-electron chi connectivity index (χ0n) is 9.68. The van der Waals surface area contributed by atoms with Gasteiger partial charge in [0.2, 0.25) is 0 Å². The Morgan fingerprint density at radius 1 is 1.44 bits per heavy atom. The number of carbonyl (C=O) groups is 1. The Labute approximate surface area is 117 Å². The number of rotatable bonds is 5. The predicted octanol–water partition coefficient (Wildman–Crippen LogP) is 3.91. The maximum absolute atomic E-state index is 10.8. The fourth-order valence-corrected chi connectivity index (χ4v) is 2.68. The van der Waals surface area contributed by atoms with Crippen molar-refractivity contribution in [3.63, 3.8) is 0 Å². The monoisotopic (exact) mass is 326 g/mol. The van der Waals surface area contributed by atoms with Crippen molar-refractivity contribution >= 4 is 33.6 Å². The largest absolute Gasteiger partial charge is 0.493 e. The SMILES string of the molecule is COc1cc(C=O)cc(Br)c1OCc1cccs1. The summed E-state index contributed by atoms with van der Waals surface area (Å²) in [5, 5.41) is 2.00. The first-order valence-corrected chi connectivity index (χ1v) is 6.89. The van der Waals surface area contributed by atoms with Crippen LogP contribution in [0.3, 0.4) is 0 Å². The van der Waals surface area contributed by atoms with Gasteiger partial charge in [-0.1, -0.05) is 6.07 Å². The van der Waals surface area contributed by atoms with Crippen molar-refractivity contribution in [1.82, 2.24) is 0 Å². The van der Waals surface area contributed by atoms with Gasteiger partial charge in [0.05, 0.1) is 11.6 Å². The summed E-state index contributed by atoms with van der Waals surface area (Å²) in [5.74, 6) is 1.15. The van der Waals surface area contributed by atoms with Gasteiger partial charge in [-0.15, -0.1) is 11.3 Å². The van der Waals surface area contributed by atoms with Crippen LogP contribution in [-0.2, 0) is 6.61 Å². The van der Waals surface area contributed by atoms with Crippen LogP contribution in [0.2, 0.25) is 0 Å². The first kappa shape index (κ1) is 13.1. The molecule has 0 amide bonds. The smallest absolute Gasteiger partial charge is 0.175 e. The zero-order valence-corrected chi connectivity index (χ0v) is 12.1. The molecule has 2 rings (SSSR count). The van der Waals surface area contributed by atoms with Gasteiger partial charge in [0.15, 0.2) is 11.5 Å². The highest BCUT2D eigenvalue weighted by Crippen LogP contribution is 2.36. The molecule has 0 saturated carbocycles. The fraction of sp³-hybridized carbons (Fsp3) is 0.154. The van der Waals surface area contributed by atoms with Crippen LogP contribution in [0.1, 0.15) is 15.2 Å². The zero-order chi connectivity index (χ0) is 13.0. The van der Waals surface area contributed by atoms with Gasteiger partial charge >= 0.3 is 0 Å². The van der Waals surface area contributed by atoms with E-state index < -0.39 is 0 Å². The number of thiophene rings is 1. The summed E-state index contributed by atoms with van der Waals surface area (Å²) < 4.78 is 11.7. The van der Waals surface area contributed by atoms with Crippen LogP contribution in [0.15, 0.2) is 34.1 Å². The molecule has 0 spiro atoms. The van der Waals surface area contributed by atoms with E-state index in [2.05, 4.69) is 15.9 Å². The van der Waals surface area contributed by atoms with Gasteiger partial charge in [-0.2, -0.15) is 0 Å². The first-order chi connectivity index (χ1) is 8.74. The molecule has 94 valence electrons. The van der Waals surface area contributed by atoms with Gasteiger partial charge in [0, 0.05) is 10.4 Å². The minimum Gasteiger partial charge on any atom is -0.493 e. The molecule has 0 aliphatic carbocycles. The number of hydrogen-bond donors (Lipinski definition) is 0. The van der Waals surface area contributed by atoms with Crippen molar-refractivity contribution < 1.29 is 14.3 Å². The summed E-state index contributed by atoms with van der Waals surface area (Å²) in [4.78, 5) is 11.9. The third kappa shape index (κ3) is 2.91. The molecule has 1 aromatic heterocycles. The van der Waals surface area contributed by atoms with E-state index in [4.69, 9.17) is 9.47 Å². The number of ether oxygens (including phenoxy) is 2. The van der Waals surface area contributed by atoms with E-state index in [1.54, 1.807) is 30.6 Å². The normalized spacial score (nSPS) is 10.1. The molecule has 1 aromatic carbocycles.